The van der Waals surface area contributed by atoms with E-state index in [1.807, 2.05) is 48.5 Å². The normalized spacial score (nSPS) is 22.2. The summed E-state index contributed by atoms with van der Waals surface area (Å²) in [7, 11) is 1.78. The zero-order valence-corrected chi connectivity index (χ0v) is 24.4. The molecule has 12 nitrogen and oxygen atoms in total. The molecule has 4 atom stereocenters. The van der Waals surface area contributed by atoms with E-state index in [-0.39, 0.29) is 24.0 Å². The Morgan fingerprint density at radius 3 is 2.57 bits per heavy atom. The molecule has 8 rings (SSSR count). The first-order chi connectivity index (χ1) is 21.5. The molecule has 3 fully saturated rings. The van der Waals surface area contributed by atoms with Gasteiger partial charge in [-0.1, -0.05) is 30.3 Å². The van der Waals surface area contributed by atoms with Gasteiger partial charge in [0, 0.05) is 55.6 Å². The molecule has 6 heterocycles. The van der Waals surface area contributed by atoms with Crippen LogP contribution in [0.4, 0.5) is 5.69 Å². The predicted octanol–water partition coefficient (Wildman–Crippen LogP) is 3.47. The van der Waals surface area contributed by atoms with Gasteiger partial charge in [-0.25, -0.2) is 4.98 Å². The van der Waals surface area contributed by atoms with Crippen LogP contribution in [0.15, 0.2) is 71.3 Å². The van der Waals surface area contributed by atoms with E-state index in [1.165, 1.54) is 4.80 Å². The van der Waals surface area contributed by atoms with Crippen LogP contribution in [0.5, 0.6) is 0 Å². The number of oxazole rings is 1. The van der Waals surface area contributed by atoms with Crippen molar-refractivity contribution in [1.82, 2.24) is 40.0 Å². The van der Waals surface area contributed by atoms with Crippen LogP contribution in [0.2, 0.25) is 0 Å². The molecule has 224 valence electrons. The van der Waals surface area contributed by atoms with Crippen LogP contribution in [0.3, 0.4) is 0 Å². The Kier molecular flexibility index (Phi) is 6.69. The van der Waals surface area contributed by atoms with Gasteiger partial charge in [-0.3, -0.25) is 19.6 Å². The number of piperazine rings is 1. The van der Waals surface area contributed by atoms with Crippen molar-refractivity contribution in [3.8, 4) is 11.5 Å². The second-order valence-corrected chi connectivity index (χ2v) is 11.9. The molecule has 3 saturated heterocycles. The number of nitrogens with zero attached hydrogens (tertiary/aromatic N) is 9. The smallest absolute Gasteiger partial charge is 0.227 e. The lowest BCUT2D eigenvalue weighted by molar-refractivity contribution is -0.117. The molecule has 4 unspecified atom stereocenters. The van der Waals surface area contributed by atoms with Crippen LogP contribution in [-0.2, 0) is 11.8 Å². The fraction of sp³-hybridized carbons (Fsp3) is 0.375. The van der Waals surface area contributed by atoms with Crippen molar-refractivity contribution >= 4 is 22.7 Å². The number of carbonyl (C=O) groups is 1. The summed E-state index contributed by atoms with van der Waals surface area (Å²) in [5.74, 6) is 1.27. The third kappa shape index (κ3) is 4.75. The van der Waals surface area contributed by atoms with E-state index >= 15 is 0 Å². The minimum Gasteiger partial charge on any atom is -0.436 e. The summed E-state index contributed by atoms with van der Waals surface area (Å²) in [5, 5.41) is 24.8. The van der Waals surface area contributed by atoms with E-state index < -0.39 is 6.23 Å². The Bertz CT molecular complexity index is 1810. The van der Waals surface area contributed by atoms with E-state index in [0.717, 1.165) is 55.7 Å². The predicted molar refractivity (Wildman–Crippen MR) is 161 cm³/mol. The molecule has 2 bridgehead atoms. The molecule has 0 saturated carbocycles. The quantitative estimate of drug-likeness (QED) is 0.300. The van der Waals surface area contributed by atoms with Crippen LogP contribution >= 0.6 is 0 Å². The minimum absolute atomic E-state index is 0.114. The van der Waals surface area contributed by atoms with E-state index in [1.54, 1.807) is 18.1 Å². The number of carbonyl (C=O) groups excluding carboxylic acids is 1. The summed E-state index contributed by atoms with van der Waals surface area (Å²) in [4.78, 5) is 29.5. The summed E-state index contributed by atoms with van der Waals surface area (Å²) in [6.45, 7) is 2.25. The minimum atomic E-state index is -0.864. The molecular formula is C32H33N9O3. The van der Waals surface area contributed by atoms with Gasteiger partial charge >= 0.3 is 0 Å². The lowest BCUT2D eigenvalue weighted by Crippen LogP contribution is -2.55. The average Bonchev–Trinajstić information content (AvgIpc) is 3.83. The molecule has 0 spiro atoms. The zero-order chi connectivity index (χ0) is 29.8. The highest BCUT2D eigenvalue weighted by Gasteiger charge is 2.46. The van der Waals surface area contributed by atoms with Crippen LogP contribution in [0, 0.1) is 0 Å². The monoisotopic (exact) mass is 591 g/mol. The van der Waals surface area contributed by atoms with E-state index in [9.17, 15) is 9.90 Å². The molecule has 3 aliphatic heterocycles. The maximum Gasteiger partial charge on any atom is 0.227 e. The van der Waals surface area contributed by atoms with Crippen molar-refractivity contribution in [3.05, 3.63) is 83.9 Å². The number of aliphatic hydroxyl groups excluding tert-OH is 1. The van der Waals surface area contributed by atoms with Crippen molar-refractivity contribution in [3.63, 3.8) is 0 Å². The first-order valence-corrected chi connectivity index (χ1v) is 15.2. The number of benzene rings is 2. The van der Waals surface area contributed by atoms with Crippen molar-refractivity contribution < 1.29 is 14.3 Å². The topological polar surface area (TPSA) is 130 Å². The maximum atomic E-state index is 12.2. The number of amides is 1. The molecule has 0 radical (unpaired) electrons. The summed E-state index contributed by atoms with van der Waals surface area (Å²) >= 11 is 0. The first-order valence-electron chi connectivity index (χ1n) is 15.2. The summed E-state index contributed by atoms with van der Waals surface area (Å²) < 4.78 is 6.10. The zero-order valence-electron chi connectivity index (χ0n) is 24.4. The van der Waals surface area contributed by atoms with Gasteiger partial charge < -0.3 is 14.4 Å². The highest BCUT2D eigenvalue weighted by molar-refractivity contribution is 5.97. The van der Waals surface area contributed by atoms with Crippen molar-refractivity contribution in [2.24, 2.45) is 7.05 Å². The molecule has 3 aliphatic rings. The summed E-state index contributed by atoms with van der Waals surface area (Å²) in [5.41, 5.74) is 4.61. The standard InChI is InChI=1S/C32H33N9O3/c1-38-36-30(35-37-38)29(20-6-3-2-4-7-20)39-18-23-9-10-24(19-39)41(23)32(43)26-16-21(13-14-33-26)31-34-25-17-22(11-12-27(25)44-31)40-15-5-8-28(40)42/h2-4,6-7,11-14,16-17,23-24,29,32,43H,5,8-10,15,18-19H2,1H3. The maximum absolute atomic E-state index is 12.2. The van der Waals surface area contributed by atoms with E-state index in [4.69, 9.17) is 9.40 Å². The number of aromatic nitrogens is 6. The highest BCUT2D eigenvalue weighted by Crippen LogP contribution is 2.40. The molecule has 1 N–H and O–H groups in total. The highest BCUT2D eigenvalue weighted by atomic mass is 16.3. The van der Waals surface area contributed by atoms with Gasteiger partial charge in [-0.05, 0) is 60.4 Å². The van der Waals surface area contributed by atoms with Gasteiger partial charge in [0.1, 0.15) is 5.52 Å². The third-order valence-electron chi connectivity index (χ3n) is 9.15. The number of rotatable bonds is 7. The number of fused-ring (bicyclic) bond motifs is 3. The number of pyridine rings is 1. The lowest BCUT2D eigenvalue weighted by Gasteiger charge is -2.45. The molecule has 5 aromatic rings. The molecule has 0 aliphatic carbocycles. The van der Waals surface area contributed by atoms with Crippen LogP contribution in [0.25, 0.3) is 22.6 Å². The molecule has 1 amide bonds. The number of aliphatic hydroxyl groups is 1. The second kappa shape index (κ2) is 10.9. The van der Waals surface area contributed by atoms with Crippen molar-refractivity contribution in [1.29, 1.82) is 0 Å². The molecule has 12 heteroatoms. The van der Waals surface area contributed by atoms with E-state index in [0.29, 0.717) is 34.9 Å². The number of anilines is 1. The Hall–Kier alpha value is -4.52. The fourth-order valence-electron chi connectivity index (χ4n) is 7.15. The fourth-order valence-corrected chi connectivity index (χ4v) is 7.15. The first kappa shape index (κ1) is 27.1. The number of hydrogen-bond acceptors (Lipinski definition) is 10. The van der Waals surface area contributed by atoms with Gasteiger partial charge in [-0.2, -0.15) is 4.80 Å². The summed E-state index contributed by atoms with van der Waals surface area (Å²) in [6.07, 6.45) is 4.25. The van der Waals surface area contributed by atoms with Crippen LogP contribution < -0.4 is 4.90 Å². The van der Waals surface area contributed by atoms with Crippen molar-refractivity contribution in [2.75, 3.05) is 24.5 Å². The molecule has 44 heavy (non-hydrogen) atoms. The molecule has 2 aromatic carbocycles. The van der Waals surface area contributed by atoms with Gasteiger partial charge in [0.2, 0.25) is 11.8 Å². The lowest BCUT2D eigenvalue weighted by atomic mass is 10.0. The van der Waals surface area contributed by atoms with Gasteiger partial charge in [0.15, 0.2) is 17.6 Å². The molecular weight excluding hydrogens is 558 g/mol. The number of hydrogen-bond donors (Lipinski definition) is 1. The number of tetrazole rings is 1. The Morgan fingerprint density at radius 1 is 1.02 bits per heavy atom. The number of likely N-dealkylation sites (tertiary alicyclic amines) is 1. The third-order valence-corrected chi connectivity index (χ3v) is 9.15. The van der Waals surface area contributed by atoms with Gasteiger partial charge in [0.05, 0.1) is 18.8 Å². The second-order valence-electron chi connectivity index (χ2n) is 11.9. The van der Waals surface area contributed by atoms with Crippen molar-refractivity contribution in [2.45, 2.75) is 50.0 Å². The number of aryl methyl sites for hydroxylation is 1. The SMILES string of the molecule is Cn1nnc(C(c2ccccc2)N2CC3CCC(C2)N3C(O)c2cc(-c3nc4cc(N5CCCC5=O)ccc4o3)ccn2)n1. The van der Waals surface area contributed by atoms with E-state index in [2.05, 4.69) is 42.3 Å². The Balaban J connectivity index is 1.04. The van der Waals surface area contributed by atoms with Gasteiger partial charge in [-0.15, -0.1) is 10.2 Å². The largest absolute Gasteiger partial charge is 0.436 e. The van der Waals surface area contributed by atoms with Gasteiger partial charge in [0.25, 0.3) is 0 Å². The van der Waals surface area contributed by atoms with Crippen LogP contribution in [0.1, 0.15) is 55.0 Å². The van der Waals surface area contributed by atoms with Crippen LogP contribution in [-0.4, -0.2) is 82.7 Å². The Morgan fingerprint density at radius 2 is 1.84 bits per heavy atom. The summed E-state index contributed by atoms with van der Waals surface area (Å²) in [6, 6.07) is 19.9. The Labute approximate surface area is 253 Å². The average molecular weight is 592 g/mol. The molecule has 3 aromatic heterocycles.